The van der Waals surface area contributed by atoms with Crippen molar-refractivity contribution in [2.75, 3.05) is 13.6 Å². The number of hydrogen-bond acceptors (Lipinski definition) is 5. The third-order valence-corrected chi connectivity index (χ3v) is 3.71. The summed E-state index contributed by atoms with van der Waals surface area (Å²) >= 11 is 1.43. The van der Waals surface area contributed by atoms with Gasteiger partial charge in [-0.1, -0.05) is 0 Å². The molecule has 1 atom stereocenters. The van der Waals surface area contributed by atoms with Crippen molar-refractivity contribution >= 4 is 17.2 Å². The maximum Gasteiger partial charge on any atom is 0.275 e. The number of nitrogen functional groups attached to an aromatic ring is 1. The van der Waals surface area contributed by atoms with E-state index in [9.17, 15) is 4.79 Å². The average Bonchev–Trinajstić information content (AvgIpc) is 2.69. The Kier molecular flexibility index (Phi) is 5.28. The molecule has 0 radical (unpaired) electrons. The molecule has 0 spiro atoms. The molecule has 3 N–H and O–H groups in total. The minimum absolute atomic E-state index is 0.000697. The Morgan fingerprint density at radius 3 is 2.94 bits per heavy atom. The van der Waals surface area contributed by atoms with Gasteiger partial charge in [0.15, 0.2) is 0 Å². The van der Waals surface area contributed by atoms with Crippen molar-refractivity contribution in [1.82, 2.24) is 10.3 Å². The van der Waals surface area contributed by atoms with Crippen LogP contribution < -0.4 is 11.3 Å². The Balaban J connectivity index is 2.70. The molecule has 0 saturated heterocycles. The van der Waals surface area contributed by atoms with Crippen molar-refractivity contribution in [1.29, 1.82) is 5.26 Å². The van der Waals surface area contributed by atoms with Crippen molar-refractivity contribution in [2.24, 2.45) is 11.8 Å². The van der Waals surface area contributed by atoms with Crippen molar-refractivity contribution in [3.8, 4) is 6.07 Å². The lowest BCUT2D eigenvalue weighted by atomic mass is 10.2. The molecule has 0 aliphatic carbocycles. The number of carbonyl (C=O) groups excluding carboxylic acids is 1. The van der Waals surface area contributed by atoms with E-state index in [0.29, 0.717) is 11.4 Å². The first kappa shape index (κ1) is 14.6. The van der Waals surface area contributed by atoms with E-state index in [1.54, 1.807) is 0 Å². The molecule has 1 rings (SSSR count). The Labute approximate surface area is 111 Å². The molecule has 1 aromatic rings. The van der Waals surface area contributed by atoms with E-state index in [1.165, 1.54) is 11.3 Å². The second kappa shape index (κ2) is 6.50. The van der Waals surface area contributed by atoms with Gasteiger partial charge in [-0.15, -0.1) is 11.3 Å². The number of amides is 1. The molecule has 1 aromatic heterocycles. The van der Waals surface area contributed by atoms with Crippen LogP contribution in [0.15, 0.2) is 6.07 Å². The maximum absolute atomic E-state index is 11.4. The lowest BCUT2D eigenvalue weighted by Gasteiger charge is -2.17. The zero-order chi connectivity index (χ0) is 13.7. The van der Waals surface area contributed by atoms with E-state index < -0.39 is 0 Å². The molecule has 5 nitrogen and oxygen atoms in total. The normalized spacial score (nSPS) is 12.2. The van der Waals surface area contributed by atoms with Crippen LogP contribution in [0.3, 0.4) is 0 Å². The van der Waals surface area contributed by atoms with Gasteiger partial charge in [0.25, 0.3) is 5.91 Å². The van der Waals surface area contributed by atoms with Crippen molar-refractivity contribution in [3.05, 3.63) is 21.4 Å². The quantitative estimate of drug-likeness (QED) is 0.477. The number of hydrazine groups is 1. The van der Waals surface area contributed by atoms with Gasteiger partial charge >= 0.3 is 0 Å². The summed E-state index contributed by atoms with van der Waals surface area (Å²) in [6.07, 6.45) is 0. The van der Waals surface area contributed by atoms with Gasteiger partial charge in [0.2, 0.25) is 0 Å². The van der Waals surface area contributed by atoms with Gasteiger partial charge in [0.1, 0.15) is 0 Å². The molecule has 1 unspecified atom stereocenters. The van der Waals surface area contributed by atoms with Gasteiger partial charge in [-0.3, -0.25) is 10.2 Å². The van der Waals surface area contributed by atoms with Crippen molar-refractivity contribution in [2.45, 2.75) is 20.4 Å². The molecule has 1 amide bonds. The monoisotopic (exact) mass is 266 g/mol. The van der Waals surface area contributed by atoms with E-state index in [1.807, 2.05) is 27.0 Å². The molecular formula is C12H18N4OS. The lowest BCUT2D eigenvalue weighted by molar-refractivity contribution is 0.0957. The highest BCUT2D eigenvalue weighted by atomic mass is 32.1. The van der Waals surface area contributed by atoms with Crippen LogP contribution in [0.1, 0.15) is 27.0 Å². The Bertz CT molecular complexity index is 463. The largest absolute Gasteiger partial charge is 0.301 e. The molecule has 1 heterocycles. The van der Waals surface area contributed by atoms with Crippen molar-refractivity contribution in [3.63, 3.8) is 0 Å². The smallest absolute Gasteiger partial charge is 0.275 e. The average molecular weight is 266 g/mol. The zero-order valence-corrected chi connectivity index (χ0v) is 11.7. The highest BCUT2D eigenvalue weighted by molar-refractivity contribution is 7.14. The van der Waals surface area contributed by atoms with Crippen LogP contribution in [0.25, 0.3) is 0 Å². The number of hydrogen-bond donors (Lipinski definition) is 2. The van der Waals surface area contributed by atoms with Crippen LogP contribution in [0.5, 0.6) is 0 Å². The van der Waals surface area contributed by atoms with E-state index in [0.717, 1.165) is 17.0 Å². The summed E-state index contributed by atoms with van der Waals surface area (Å²) in [7, 11) is 1.97. The SMILES string of the molecule is Cc1sc(C(=O)NN)cc1CN(C)CC(C)C#N. The highest BCUT2D eigenvalue weighted by Crippen LogP contribution is 2.22. The molecule has 0 aliphatic rings. The van der Waals surface area contributed by atoms with Crippen LogP contribution in [-0.2, 0) is 6.54 Å². The third kappa shape index (κ3) is 3.81. The standard InChI is InChI=1S/C12H18N4OS/c1-8(5-13)6-16(3)7-10-4-11(12(17)15-14)18-9(10)2/h4,8H,6-7,14H2,1-3H3,(H,15,17). The summed E-state index contributed by atoms with van der Waals surface area (Å²) in [6, 6.07) is 4.07. The lowest BCUT2D eigenvalue weighted by Crippen LogP contribution is -2.29. The molecule has 0 saturated carbocycles. The highest BCUT2D eigenvalue weighted by Gasteiger charge is 2.13. The van der Waals surface area contributed by atoms with E-state index in [2.05, 4.69) is 16.4 Å². The molecule has 0 fully saturated rings. The number of carbonyl (C=O) groups is 1. The van der Waals surface area contributed by atoms with Crippen molar-refractivity contribution < 1.29 is 4.79 Å². The van der Waals surface area contributed by atoms with Crippen LogP contribution in [0, 0.1) is 24.2 Å². The molecule has 18 heavy (non-hydrogen) atoms. The number of aryl methyl sites for hydroxylation is 1. The second-order valence-corrected chi connectivity index (χ2v) is 5.65. The molecule has 0 aromatic carbocycles. The first-order valence-corrected chi connectivity index (χ1v) is 6.48. The van der Waals surface area contributed by atoms with Crippen LogP contribution in [-0.4, -0.2) is 24.4 Å². The summed E-state index contributed by atoms with van der Waals surface area (Å²) in [5.74, 6) is 4.85. The van der Waals surface area contributed by atoms with Gasteiger partial charge in [0, 0.05) is 18.0 Å². The molecule has 0 bridgehead atoms. The zero-order valence-electron chi connectivity index (χ0n) is 10.9. The fourth-order valence-electron chi connectivity index (χ4n) is 1.72. The van der Waals surface area contributed by atoms with Gasteiger partial charge in [0.05, 0.1) is 16.9 Å². The Morgan fingerprint density at radius 2 is 2.39 bits per heavy atom. The second-order valence-electron chi connectivity index (χ2n) is 4.39. The fraction of sp³-hybridized carbons (Fsp3) is 0.500. The molecular weight excluding hydrogens is 248 g/mol. The summed E-state index contributed by atoms with van der Waals surface area (Å²) in [6.45, 7) is 5.32. The number of thiophene rings is 1. The van der Waals surface area contributed by atoms with E-state index in [4.69, 9.17) is 11.1 Å². The number of nitriles is 1. The Hall–Kier alpha value is -1.42. The maximum atomic E-state index is 11.4. The fourth-order valence-corrected chi connectivity index (χ4v) is 2.66. The van der Waals surface area contributed by atoms with Gasteiger partial charge in [-0.25, -0.2) is 5.84 Å². The first-order chi connectivity index (χ1) is 8.47. The molecule has 98 valence electrons. The number of rotatable bonds is 5. The van der Waals surface area contributed by atoms with Gasteiger partial charge in [-0.05, 0) is 32.5 Å². The number of nitrogens with zero attached hydrogens (tertiary/aromatic N) is 2. The van der Waals surface area contributed by atoms with Gasteiger partial charge < -0.3 is 4.90 Å². The van der Waals surface area contributed by atoms with Crippen LogP contribution in [0.4, 0.5) is 0 Å². The van der Waals surface area contributed by atoms with Crippen LogP contribution >= 0.6 is 11.3 Å². The van der Waals surface area contributed by atoms with E-state index >= 15 is 0 Å². The summed E-state index contributed by atoms with van der Waals surface area (Å²) in [5, 5.41) is 8.77. The molecule has 0 aliphatic heterocycles. The predicted molar refractivity (Wildman–Crippen MR) is 71.8 cm³/mol. The predicted octanol–water partition coefficient (Wildman–Crippen LogP) is 1.25. The van der Waals surface area contributed by atoms with Crippen LogP contribution in [0.2, 0.25) is 0 Å². The summed E-state index contributed by atoms with van der Waals surface area (Å²) < 4.78 is 0. The number of nitrogens with one attached hydrogen (secondary N) is 1. The summed E-state index contributed by atoms with van der Waals surface area (Å²) in [4.78, 5) is 15.2. The van der Waals surface area contributed by atoms with Gasteiger partial charge in [-0.2, -0.15) is 5.26 Å². The summed E-state index contributed by atoms with van der Waals surface area (Å²) in [5.41, 5.74) is 3.23. The Morgan fingerprint density at radius 1 is 1.72 bits per heavy atom. The topological polar surface area (TPSA) is 82.2 Å². The minimum atomic E-state index is -0.262. The first-order valence-electron chi connectivity index (χ1n) is 5.66. The minimum Gasteiger partial charge on any atom is -0.301 e. The number of nitrogens with two attached hydrogens (primary N) is 1. The van der Waals surface area contributed by atoms with E-state index in [-0.39, 0.29) is 11.8 Å². The third-order valence-electron chi connectivity index (χ3n) is 2.62. The molecule has 6 heteroatoms.